The van der Waals surface area contributed by atoms with Crippen molar-refractivity contribution in [3.8, 4) is 0 Å². The second kappa shape index (κ2) is 4.94. The SMILES string of the molecule is CCCS(=O)(=O)Cc1ccc(Br)cc1. The molecule has 1 aromatic carbocycles. The van der Waals surface area contributed by atoms with Crippen LogP contribution >= 0.6 is 15.9 Å². The van der Waals surface area contributed by atoms with Crippen molar-refractivity contribution < 1.29 is 8.42 Å². The third-order valence-corrected chi connectivity index (χ3v) is 4.15. The highest BCUT2D eigenvalue weighted by molar-refractivity contribution is 9.10. The van der Waals surface area contributed by atoms with Crippen LogP contribution in [0.4, 0.5) is 0 Å². The molecule has 0 fully saturated rings. The van der Waals surface area contributed by atoms with Crippen LogP contribution < -0.4 is 0 Å². The summed E-state index contributed by atoms with van der Waals surface area (Å²) < 4.78 is 23.9. The van der Waals surface area contributed by atoms with E-state index in [-0.39, 0.29) is 11.5 Å². The van der Waals surface area contributed by atoms with Crippen LogP contribution in [-0.4, -0.2) is 14.2 Å². The molecule has 1 aromatic rings. The zero-order valence-electron chi connectivity index (χ0n) is 8.03. The Kier molecular flexibility index (Phi) is 4.13. The molecule has 0 amide bonds. The highest BCUT2D eigenvalue weighted by Crippen LogP contribution is 2.13. The Morgan fingerprint density at radius 3 is 2.29 bits per heavy atom. The monoisotopic (exact) mass is 276 g/mol. The molecule has 1 rings (SSSR count). The van der Waals surface area contributed by atoms with Gasteiger partial charge in [0, 0.05) is 4.47 Å². The Morgan fingerprint density at radius 1 is 1.21 bits per heavy atom. The van der Waals surface area contributed by atoms with E-state index in [1.807, 2.05) is 31.2 Å². The Hall–Kier alpha value is -0.350. The van der Waals surface area contributed by atoms with E-state index in [0.717, 1.165) is 10.0 Å². The molecule has 0 radical (unpaired) electrons. The molecule has 0 spiro atoms. The second-order valence-corrected chi connectivity index (χ2v) is 6.32. The van der Waals surface area contributed by atoms with Crippen LogP contribution in [0.25, 0.3) is 0 Å². The summed E-state index contributed by atoms with van der Waals surface area (Å²) in [6, 6.07) is 7.38. The van der Waals surface area contributed by atoms with E-state index < -0.39 is 9.84 Å². The van der Waals surface area contributed by atoms with Crippen molar-refractivity contribution in [2.45, 2.75) is 19.1 Å². The molecule has 0 heterocycles. The molecule has 0 aliphatic rings. The number of benzene rings is 1. The van der Waals surface area contributed by atoms with Gasteiger partial charge in [0.05, 0.1) is 11.5 Å². The summed E-state index contributed by atoms with van der Waals surface area (Å²) in [5, 5.41) is 0. The molecule has 0 saturated carbocycles. The summed E-state index contributed by atoms with van der Waals surface area (Å²) in [7, 11) is -2.91. The molecule has 0 atom stereocenters. The highest BCUT2D eigenvalue weighted by atomic mass is 79.9. The van der Waals surface area contributed by atoms with Gasteiger partial charge < -0.3 is 0 Å². The molecule has 2 nitrogen and oxygen atoms in total. The lowest BCUT2D eigenvalue weighted by Gasteiger charge is -2.02. The molecular formula is C10H13BrO2S. The predicted octanol–water partition coefficient (Wildman–Crippen LogP) is 2.77. The van der Waals surface area contributed by atoms with E-state index in [1.54, 1.807) is 0 Å². The first-order valence-corrected chi connectivity index (χ1v) is 7.10. The largest absolute Gasteiger partial charge is 0.228 e. The molecular weight excluding hydrogens is 264 g/mol. The van der Waals surface area contributed by atoms with Crippen LogP contribution in [0.5, 0.6) is 0 Å². The molecule has 0 unspecified atom stereocenters. The van der Waals surface area contributed by atoms with Gasteiger partial charge in [-0.25, -0.2) is 8.42 Å². The lowest BCUT2D eigenvalue weighted by Crippen LogP contribution is -2.08. The maximum atomic E-state index is 11.5. The normalized spacial score (nSPS) is 11.6. The fourth-order valence-corrected chi connectivity index (χ4v) is 2.95. The van der Waals surface area contributed by atoms with Crippen LogP contribution in [0.3, 0.4) is 0 Å². The van der Waals surface area contributed by atoms with Crippen molar-refractivity contribution in [1.29, 1.82) is 0 Å². The zero-order chi connectivity index (χ0) is 10.6. The Labute approximate surface area is 93.4 Å². The van der Waals surface area contributed by atoms with Crippen molar-refractivity contribution in [1.82, 2.24) is 0 Å². The zero-order valence-corrected chi connectivity index (χ0v) is 10.4. The van der Waals surface area contributed by atoms with Gasteiger partial charge in [0.1, 0.15) is 0 Å². The summed E-state index contributed by atoms with van der Waals surface area (Å²) in [6.45, 7) is 1.87. The smallest absolute Gasteiger partial charge is 0.154 e. The van der Waals surface area contributed by atoms with Crippen LogP contribution in [0.15, 0.2) is 28.7 Å². The lowest BCUT2D eigenvalue weighted by atomic mass is 10.2. The van der Waals surface area contributed by atoms with Gasteiger partial charge in [0.25, 0.3) is 0 Å². The van der Waals surface area contributed by atoms with Crippen molar-refractivity contribution in [3.63, 3.8) is 0 Å². The summed E-state index contributed by atoms with van der Waals surface area (Å²) in [5.41, 5.74) is 0.849. The Morgan fingerprint density at radius 2 is 1.79 bits per heavy atom. The lowest BCUT2D eigenvalue weighted by molar-refractivity contribution is 0.594. The van der Waals surface area contributed by atoms with Crippen LogP contribution in [0.1, 0.15) is 18.9 Å². The molecule has 0 aliphatic carbocycles. The van der Waals surface area contributed by atoms with Gasteiger partial charge in [-0.15, -0.1) is 0 Å². The van der Waals surface area contributed by atoms with Gasteiger partial charge in [-0.05, 0) is 24.1 Å². The molecule has 14 heavy (non-hydrogen) atoms. The predicted molar refractivity (Wildman–Crippen MR) is 61.9 cm³/mol. The summed E-state index contributed by atoms with van der Waals surface area (Å²) in [5.74, 6) is 0.414. The molecule has 0 aromatic heterocycles. The third-order valence-electron chi connectivity index (χ3n) is 1.81. The van der Waals surface area contributed by atoms with Crippen molar-refractivity contribution in [3.05, 3.63) is 34.3 Å². The molecule has 78 valence electrons. The van der Waals surface area contributed by atoms with Crippen LogP contribution in [-0.2, 0) is 15.6 Å². The van der Waals surface area contributed by atoms with Crippen LogP contribution in [0.2, 0.25) is 0 Å². The first-order chi connectivity index (χ1) is 6.53. The molecule has 4 heteroatoms. The minimum Gasteiger partial charge on any atom is -0.228 e. The van der Waals surface area contributed by atoms with E-state index in [0.29, 0.717) is 6.42 Å². The Bertz CT molecular complexity index is 381. The van der Waals surface area contributed by atoms with Gasteiger partial charge in [-0.1, -0.05) is 35.0 Å². The minimum atomic E-state index is -2.91. The second-order valence-electron chi connectivity index (χ2n) is 3.22. The molecule has 0 saturated heterocycles. The number of hydrogen-bond donors (Lipinski definition) is 0. The Balaban J connectivity index is 2.74. The van der Waals surface area contributed by atoms with E-state index in [2.05, 4.69) is 15.9 Å². The number of rotatable bonds is 4. The topological polar surface area (TPSA) is 34.1 Å². The van der Waals surface area contributed by atoms with Crippen LogP contribution in [0, 0.1) is 0 Å². The highest BCUT2D eigenvalue weighted by Gasteiger charge is 2.09. The standard InChI is InChI=1S/C10H13BrO2S/c1-2-7-14(12,13)8-9-3-5-10(11)6-4-9/h3-6H,2,7-8H2,1H3. The molecule has 0 bridgehead atoms. The number of halogens is 1. The van der Waals surface area contributed by atoms with Gasteiger partial charge in [0.2, 0.25) is 0 Å². The van der Waals surface area contributed by atoms with Gasteiger partial charge in [-0.3, -0.25) is 0 Å². The number of hydrogen-bond acceptors (Lipinski definition) is 2. The van der Waals surface area contributed by atoms with Crippen molar-refractivity contribution in [2.24, 2.45) is 0 Å². The van der Waals surface area contributed by atoms with Gasteiger partial charge in [-0.2, -0.15) is 0 Å². The van der Waals surface area contributed by atoms with Gasteiger partial charge >= 0.3 is 0 Å². The average molecular weight is 277 g/mol. The maximum Gasteiger partial charge on any atom is 0.154 e. The first kappa shape index (κ1) is 11.7. The van der Waals surface area contributed by atoms with E-state index in [1.165, 1.54) is 0 Å². The summed E-state index contributed by atoms with van der Waals surface area (Å²) in [4.78, 5) is 0. The molecule has 0 N–H and O–H groups in total. The fraction of sp³-hybridized carbons (Fsp3) is 0.400. The summed E-state index contributed by atoms with van der Waals surface area (Å²) in [6.07, 6.45) is 0.679. The van der Waals surface area contributed by atoms with Gasteiger partial charge in [0.15, 0.2) is 9.84 Å². The summed E-state index contributed by atoms with van der Waals surface area (Å²) >= 11 is 3.31. The maximum absolute atomic E-state index is 11.5. The van der Waals surface area contributed by atoms with E-state index >= 15 is 0 Å². The van der Waals surface area contributed by atoms with Crippen molar-refractivity contribution >= 4 is 25.8 Å². The van der Waals surface area contributed by atoms with E-state index in [4.69, 9.17) is 0 Å². The first-order valence-electron chi connectivity index (χ1n) is 4.48. The third kappa shape index (κ3) is 3.80. The average Bonchev–Trinajstić information content (AvgIpc) is 2.08. The molecule has 0 aliphatic heterocycles. The fourth-order valence-electron chi connectivity index (χ4n) is 1.22. The van der Waals surface area contributed by atoms with Crippen molar-refractivity contribution in [2.75, 3.05) is 5.75 Å². The number of sulfone groups is 1. The quantitative estimate of drug-likeness (QED) is 0.848. The van der Waals surface area contributed by atoms with E-state index in [9.17, 15) is 8.42 Å². The minimum absolute atomic E-state index is 0.147.